The maximum Gasteiger partial charge on any atom is 0.261 e. The summed E-state index contributed by atoms with van der Waals surface area (Å²) in [5.41, 5.74) is 0.880. The molecule has 1 aromatic rings. The number of hydrogen-bond acceptors (Lipinski definition) is 3. The molecule has 0 atom stereocenters. The zero-order valence-electron chi connectivity index (χ0n) is 11.3. The summed E-state index contributed by atoms with van der Waals surface area (Å²) >= 11 is 0. The van der Waals surface area contributed by atoms with Crippen LogP contribution in [0.4, 0.5) is 0 Å². The SMILES string of the molecule is CCCN(CC)C(=O)c1ccc(C)c(S(=O)(=O)Cl)c1. The maximum atomic E-state index is 12.2. The lowest BCUT2D eigenvalue weighted by Gasteiger charge is -2.20. The summed E-state index contributed by atoms with van der Waals surface area (Å²) in [5, 5.41) is 0. The van der Waals surface area contributed by atoms with Crippen molar-refractivity contribution in [2.45, 2.75) is 32.1 Å². The molecule has 0 bridgehead atoms. The third kappa shape index (κ3) is 3.94. The standard InChI is InChI=1S/C13H18ClNO3S/c1-4-8-15(5-2)13(16)11-7-6-10(3)12(9-11)19(14,17)18/h6-7,9H,4-5,8H2,1-3H3. The third-order valence-electron chi connectivity index (χ3n) is 2.86. The molecule has 1 rings (SSSR count). The highest BCUT2D eigenvalue weighted by molar-refractivity contribution is 8.13. The van der Waals surface area contributed by atoms with Gasteiger partial charge in [0.1, 0.15) is 0 Å². The highest BCUT2D eigenvalue weighted by atomic mass is 35.7. The van der Waals surface area contributed by atoms with Gasteiger partial charge in [-0.2, -0.15) is 0 Å². The number of hydrogen-bond donors (Lipinski definition) is 0. The van der Waals surface area contributed by atoms with Crippen molar-refractivity contribution in [3.63, 3.8) is 0 Å². The van der Waals surface area contributed by atoms with Crippen molar-refractivity contribution in [3.05, 3.63) is 29.3 Å². The number of rotatable bonds is 5. The first kappa shape index (κ1) is 16.0. The van der Waals surface area contributed by atoms with Gasteiger partial charge >= 0.3 is 0 Å². The first-order valence-electron chi connectivity index (χ1n) is 6.15. The summed E-state index contributed by atoms with van der Waals surface area (Å²) in [6.45, 7) is 6.75. The molecule has 0 N–H and O–H groups in total. The summed E-state index contributed by atoms with van der Waals surface area (Å²) in [6.07, 6.45) is 0.853. The second-order valence-corrected chi connectivity index (χ2v) is 6.84. The van der Waals surface area contributed by atoms with Gasteiger partial charge in [-0.25, -0.2) is 8.42 Å². The zero-order chi connectivity index (χ0) is 14.6. The molecule has 0 aliphatic rings. The molecule has 0 saturated heterocycles. The first-order chi connectivity index (χ1) is 8.81. The molecule has 0 heterocycles. The normalized spacial score (nSPS) is 11.4. The van der Waals surface area contributed by atoms with Crippen molar-refractivity contribution in [1.29, 1.82) is 0 Å². The minimum absolute atomic E-state index is 0.00688. The van der Waals surface area contributed by atoms with E-state index in [1.165, 1.54) is 6.07 Å². The Hall–Kier alpha value is -1.07. The van der Waals surface area contributed by atoms with E-state index in [0.29, 0.717) is 24.2 Å². The molecule has 19 heavy (non-hydrogen) atoms. The zero-order valence-corrected chi connectivity index (χ0v) is 12.9. The molecule has 0 aliphatic carbocycles. The lowest BCUT2D eigenvalue weighted by Crippen LogP contribution is -2.31. The van der Waals surface area contributed by atoms with Crippen LogP contribution >= 0.6 is 10.7 Å². The highest BCUT2D eigenvalue weighted by Crippen LogP contribution is 2.21. The molecule has 0 spiro atoms. The molecule has 4 nitrogen and oxygen atoms in total. The van der Waals surface area contributed by atoms with Crippen molar-refractivity contribution in [1.82, 2.24) is 4.90 Å². The molecular weight excluding hydrogens is 286 g/mol. The van der Waals surface area contributed by atoms with Gasteiger partial charge in [-0.1, -0.05) is 13.0 Å². The van der Waals surface area contributed by atoms with Gasteiger partial charge in [-0.3, -0.25) is 4.79 Å². The molecule has 0 aliphatic heterocycles. The van der Waals surface area contributed by atoms with Crippen LogP contribution < -0.4 is 0 Å². The second kappa shape index (κ2) is 6.39. The Balaban J connectivity index is 3.19. The lowest BCUT2D eigenvalue weighted by molar-refractivity contribution is 0.0764. The number of carbonyl (C=O) groups excluding carboxylic acids is 1. The van der Waals surface area contributed by atoms with Crippen molar-refractivity contribution < 1.29 is 13.2 Å². The van der Waals surface area contributed by atoms with Crippen LogP contribution in [0.25, 0.3) is 0 Å². The van der Waals surface area contributed by atoms with Gasteiger partial charge in [0.15, 0.2) is 0 Å². The molecule has 1 aromatic carbocycles. The van der Waals surface area contributed by atoms with E-state index in [4.69, 9.17) is 10.7 Å². The lowest BCUT2D eigenvalue weighted by atomic mass is 10.1. The molecule has 0 radical (unpaired) electrons. The fourth-order valence-electron chi connectivity index (χ4n) is 1.85. The molecular formula is C13H18ClNO3S. The number of aryl methyl sites for hydroxylation is 1. The van der Waals surface area contributed by atoms with E-state index in [0.717, 1.165) is 6.42 Å². The summed E-state index contributed by atoms with van der Waals surface area (Å²) in [6, 6.07) is 4.57. The molecule has 0 unspecified atom stereocenters. The van der Waals surface area contributed by atoms with Crippen LogP contribution in [0.15, 0.2) is 23.1 Å². The number of nitrogens with zero attached hydrogens (tertiary/aromatic N) is 1. The minimum atomic E-state index is -3.83. The Morgan fingerprint density at radius 1 is 1.32 bits per heavy atom. The van der Waals surface area contributed by atoms with Crippen LogP contribution in [0.2, 0.25) is 0 Å². The Morgan fingerprint density at radius 3 is 2.42 bits per heavy atom. The Kier molecular flexibility index (Phi) is 5.38. The predicted molar refractivity (Wildman–Crippen MR) is 76.1 cm³/mol. The fraction of sp³-hybridized carbons (Fsp3) is 0.462. The summed E-state index contributed by atoms with van der Waals surface area (Å²) in [7, 11) is 1.53. The van der Waals surface area contributed by atoms with Gasteiger partial charge in [-0.05, 0) is 38.0 Å². The largest absolute Gasteiger partial charge is 0.339 e. The van der Waals surface area contributed by atoms with Gasteiger partial charge in [0.2, 0.25) is 0 Å². The van der Waals surface area contributed by atoms with Crippen molar-refractivity contribution >= 4 is 25.6 Å². The number of benzene rings is 1. The summed E-state index contributed by atoms with van der Waals surface area (Å²) in [5.74, 6) is -0.175. The molecule has 0 saturated carbocycles. The quantitative estimate of drug-likeness (QED) is 0.786. The third-order valence-corrected chi connectivity index (χ3v) is 4.32. The topological polar surface area (TPSA) is 54.5 Å². The predicted octanol–water partition coefficient (Wildman–Crippen LogP) is 2.79. The van der Waals surface area contributed by atoms with E-state index in [2.05, 4.69) is 0 Å². The molecule has 1 amide bonds. The van der Waals surface area contributed by atoms with E-state index < -0.39 is 9.05 Å². The molecule has 0 fully saturated rings. The van der Waals surface area contributed by atoms with Crippen LogP contribution in [0, 0.1) is 6.92 Å². The number of carbonyl (C=O) groups is 1. The van der Waals surface area contributed by atoms with Gasteiger partial charge in [-0.15, -0.1) is 0 Å². The molecule has 106 valence electrons. The Morgan fingerprint density at radius 2 is 1.95 bits per heavy atom. The van der Waals surface area contributed by atoms with E-state index >= 15 is 0 Å². The van der Waals surface area contributed by atoms with Crippen LogP contribution in [-0.4, -0.2) is 32.3 Å². The van der Waals surface area contributed by atoms with E-state index in [1.807, 2.05) is 13.8 Å². The first-order valence-corrected chi connectivity index (χ1v) is 8.46. The van der Waals surface area contributed by atoms with Crippen LogP contribution in [0.5, 0.6) is 0 Å². The Bertz CT molecular complexity index is 569. The smallest absolute Gasteiger partial charge is 0.261 e. The average Bonchev–Trinajstić information content (AvgIpc) is 2.34. The van der Waals surface area contributed by atoms with Crippen LogP contribution in [0.3, 0.4) is 0 Å². The minimum Gasteiger partial charge on any atom is -0.339 e. The molecule has 6 heteroatoms. The highest BCUT2D eigenvalue weighted by Gasteiger charge is 2.19. The second-order valence-electron chi connectivity index (χ2n) is 4.30. The monoisotopic (exact) mass is 303 g/mol. The van der Waals surface area contributed by atoms with Gasteiger partial charge in [0.05, 0.1) is 4.90 Å². The van der Waals surface area contributed by atoms with E-state index in [-0.39, 0.29) is 10.8 Å². The summed E-state index contributed by atoms with van der Waals surface area (Å²) < 4.78 is 22.9. The number of halogens is 1. The van der Waals surface area contributed by atoms with E-state index in [1.54, 1.807) is 24.0 Å². The van der Waals surface area contributed by atoms with Crippen LogP contribution in [0.1, 0.15) is 36.2 Å². The fourth-order valence-corrected chi connectivity index (χ4v) is 3.07. The van der Waals surface area contributed by atoms with Crippen molar-refractivity contribution in [3.8, 4) is 0 Å². The van der Waals surface area contributed by atoms with E-state index in [9.17, 15) is 13.2 Å². The van der Waals surface area contributed by atoms with Crippen LogP contribution in [-0.2, 0) is 9.05 Å². The van der Waals surface area contributed by atoms with Crippen molar-refractivity contribution in [2.75, 3.05) is 13.1 Å². The number of amides is 1. The average molecular weight is 304 g/mol. The Labute approximate surface area is 118 Å². The van der Waals surface area contributed by atoms with Gasteiger partial charge < -0.3 is 4.90 Å². The maximum absolute atomic E-state index is 12.2. The van der Waals surface area contributed by atoms with Crippen molar-refractivity contribution in [2.24, 2.45) is 0 Å². The van der Waals surface area contributed by atoms with Gasteiger partial charge in [0.25, 0.3) is 15.0 Å². The van der Waals surface area contributed by atoms with Gasteiger partial charge in [0, 0.05) is 29.3 Å². The summed E-state index contributed by atoms with van der Waals surface area (Å²) in [4.78, 5) is 13.9. The molecule has 0 aromatic heterocycles.